The highest BCUT2D eigenvalue weighted by atomic mass is 31.2. The van der Waals surface area contributed by atoms with Gasteiger partial charge in [-0.1, -0.05) is 129 Å². The van der Waals surface area contributed by atoms with Gasteiger partial charge >= 0.3 is 7.82 Å². The number of carbonyl (C=O) groups is 1. The highest BCUT2D eigenvalue weighted by Gasteiger charge is 2.28. The van der Waals surface area contributed by atoms with Gasteiger partial charge in [0, 0.05) is 6.54 Å². The first kappa shape index (κ1) is 43.2. The second kappa shape index (κ2) is 30.8. The van der Waals surface area contributed by atoms with Crippen LogP contribution in [0.2, 0.25) is 0 Å². The molecule has 0 aromatic carbocycles. The maximum Gasteiger partial charge on any atom is 0.472 e. The molecule has 262 valence electrons. The van der Waals surface area contributed by atoms with Crippen LogP contribution in [0.25, 0.3) is 0 Å². The van der Waals surface area contributed by atoms with Crippen LogP contribution in [-0.2, 0) is 18.4 Å². The number of hydrogen-bond acceptors (Lipinski definition) is 7. The van der Waals surface area contributed by atoms with Crippen molar-refractivity contribution < 1.29 is 33.5 Å². The second-order valence-corrected chi connectivity index (χ2v) is 13.7. The van der Waals surface area contributed by atoms with Crippen LogP contribution >= 0.6 is 7.82 Å². The van der Waals surface area contributed by atoms with Crippen molar-refractivity contribution in [2.24, 2.45) is 5.73 Å². The van der Waals surface area contributed by atoms with Gasteiger partial charge in [-0.05, 0) is 38.5 Å². The fourth-order valence-electron chi connectivity index (χ4n) is 5.17. The first-order valence-corrected chi connectivity index (χ1v) is 19.4. The van der Waals surface area contributed by atoms with Gasteiger partial charge in [0.2, 0.25) is 5.91 Å². The Bertz CT molecular complexity index is 726. The maximum absolute atomic E-state index is 12.7. The minimum absolute atomic E-state index is 0.0586. The van der Waals surface area contributed by atoms with Crippen LogP contribution in [0.4, 0.5) is 0 Å². The third-order valence-corrected chi connectivity index (χ3v) is 8.91. The summed E-state index contributed by atoms with van der Waals surface area (Å²) in [5.74, 6) is -0.426. The molecule has 0 fully saturated rings. The Morgan fingerprint density at radius 2 is 1.23 bits per heavy atom. The molecule has 4 unspecified atom stereocenters. The highest BCUT2D eigenvalue weighted by molar-refractivity contribution is 7.47. The van der Waals surface area contributed by atoms with Crippen molar-refractivity contribution in [1.82, 2.24) is 5.32 Å². The van der Waals surface area contributed by atoms with Crippen LogP contribution in [0.3, 0.4) is 0 Å². The predicted octanol–water partition coefficient (Wildman–Crippen LogP) is 7.85. The van der Waals surface area contributed by atoms with E-state index in [1.165, 1.54) is 77.0 Å². The minimum atomic E-state index is -4.36. The average Bonchev–Trinajstić information content (AvgIpc) is 2.99. The number of aliphatic hydroxyl groups is 2. The first-order valence-electron chi connectivity index (χ1n) is 17.9. The lowest BCUT2D eigenvalue weighted by Gasteiger charge is -2.25. The van der Waals surface area contributed by atoms with E-state index in [0.29, 0.717) is 12.8 Å². The molecule has 0 bridgehead atoms. The fraction of sp³-hybridized carbons (Fsp3) is 0.912. The second-order valence-electron chi connectivity index (χ2n) is 12.3. The number of nitrogens with one attached hydrogen (secondary N) is 1. The van der Waals surface area contributed by atoms with Gasteiger partial charge in [-0.15, -0.1) is 0 Å². The topological polar surface area (TPSA) is 151 Å². The van der Waals surface area contributed by atoms with E-state index in [1.807, 2.05) is 0 Å². The summed E-state index contributed by atoms with van der Waals surface area (Å²) in [6.45, 7) is 3.97. The summed E-state index contributed by atoms with van der Waals surface area (Å²) in [6, 6.07) is -0.894. The molecule has 0 aliphatic rings. The lowest BCUT2D eigenvalue weighted by Crippen LogP contribution is -2.47. The molecule has 1 amide bonds. The van der Waals surface area contributed by atoms with Gasteiger partial charge < -0.3 is 26.2 Å². The van der Waals surface area contributed by atoms with Gasteiger partial charge in [0.15, 0.2) is 0 Å². The van der Waals surface area contributed by atoms with Gasteiger partial charge in [-0.25, -0.2) is 4.57 Å². The van der Waals surface area contributed by atoms with E-state index in [2.05, 4.69) is 31.3 Å². The van der Waals surface area contributed by atoms with Crippen molar-refractivity contribution in [1.29, 1.82) is 0 Å². The summed E-state index contributed by atoms with van der Waals surface area (Å²) in [6.07, 6.45) is 27.0. The molecule has 4 atom stereocenters. The number of amides is 1. The first-order chi connectivity index (χ1) is 21.3. The van der Waals surface area contributed by atoms with E-state index < -0.39 is 32.0 Å². The molecule has 6 N–H and O–H groups in total. The van der Waals surface area contributed by atoms with Gasteiger partial charge in [0.25, 0.3) is 0 Å². The number of allylic oxidation sites excluding steroid dienone is 2. The zero-order valence-corrected chi connectivity index (χ0v) is 29.2. The van der Waals surface area contributed by atoms with E-state index in [0.717, 1.165) is 51.4 Å². The standard InChI is InChI=1S/C34H69N2O7P/c1-3-5-7-9-11-13-14-15-16-17-18-19-21-23-25-31(37)29-34(39)36-32(30-43-44(40,41)42-28-27-35)33(38)26-24-22-20-12-10-8-6-4-2/h16-17,31-33,37-38H,3-15,18-30,35H2,1-2H3,(H,36,39)(H,40,41)/b17-16-. The number of aliphatic hydroxyl groups excluding tert-OH is 2. The number of phosphoric ester groups is 1. The molecule has 0 rings (SSSR count). The Balaban J connectivity index is 4.36. The van der Waals surface area contributed by atoms with Crippen molar-refractivity contribution in [3.63, 3.8) is 0 Å². The number of carbonyl (C=O) groups excluding carboxylic acids is 1. The highest BCUT2D eigenvalue weighted by Crippen LogP contribution is 2.43. The molecule has 0 heterocycles. The number of rotatable bonds is 33. The van der Waals surface area contributed by atoms with Gasteiger partial charge in [-0.3, -0.25) is 13.8 Å². The monoisotopic (exact) mass is 648 g/mol. The molecule has 44 heavy (non-hydrogen) atoms. The molecular weight excluding hydrogens is 579 g/mol. The Morgan fingerprint density at radius 1 is 0.750 bits per heavy atom. The van der Waals surface area contributed by atoms with Gasteiger partial charge in [0.05, 0.1) is 37.9 Å². The predicted molar refractivity (Wildman–Crippen MR) is 181 cm³/mol. The normalized spacial score (nSPS) is 15.3. The van der Waals surface area contributed by atoms with Crippen LogP contribution in [0.1, 0.15) is 162 Å². The molecule has 0 radical (unpaired) electrons. The molecule has 0 aromatic heterocycles. The number of nitrogens with two attached hydrogens (primary N) is 1. The molecule has 0 aromatic rings. The summed E-state index contributed by atoms with van der Waals surface area (Å²) in [7, 11) is -4.36. The third-order valence-electron chi connectivity index (χ3n) is 7.92. The molecule has 0 saturated heterocycles. The van der Waals surface area contributed by atoms with Crippen LogP contribution in [0.15, 0.2) is 12.2 Å². The fourth-order valence-corrected chi connectivity index (χ4v) is 5.93. The van der Waals surface area contributed by atoms with Crippen LogP contribution in [0, 0.1) is 0 Å². The lowest BCUT2D eigenvalue weighted by atomic mass is 10.0. The van der Waals surface area contributed by atoms with Gasteiger partial charge in [-0.2, -0.15) is 0 Å². The van der Waals surface area contributed by atoms with E-state index in [1.54, 1.807) is 0 Å². The van der Waals surface area contributed by atoms with Crippen molar-refractivity contribution in [2.45, 2.75) is 180 Å². The zero-order chi connectivity index (χ0) is 32.7. The molecular formula is C34H69N2O7P. The van der Waals surface area contributed by atoms with Gasteiger partial charge in [0.1, 0.15) is 0 Å². The third kappa shape index (κ3) is 28.7. The summed E-state index contributed by atoms with van der Waals surface area (Å²) >= 11 is 0. The zero-order valence-electron chi connectivity index (χ0n) is 28.3. The largest absolute Gasteiger partial charge is 0.472 e. The summed E-state index contributed by atoms with van der Waals surface area (Å²) in [5, 5.41) is 23.9. The van der Waals surface area contributed by atoms with Crippen molar-refractivity contribution in [2.75, 3.05) is 19.8 Å². The summed E-state index contributed by atoms with van der Waals surface area (Å²) < 4.78 is 21.9. The Labute approximate surface area is 269 Å². The van der Waals surface area contributed by atoms with E-state index >= 15 is 0 Å². The molecule has 10 heteroatoms. The average molecular weight is 649 g/mol. The minimum Gasteiger partial charge on any atom is -0.393 e. The molecule has 0 aliphatic heterocycles. The molecule has 0 spiro atoms. The quantitative estimate of drug-likeness (QED) is 0.0274. The lowest BCUT2D eigenvalue weighted by molar-refractivity contribution is -0.125. The van der Waals surface area contributed by atoms with E-state index in [-0.39, 0.29) is 26.2 Å². The van der Waals surface area contributed by atoms with Crippen molar-refractivity contribution >= 4 is 13.7 Å². The Hall–Kier alpha value is -0.800. The van der Waals surface area contributed by atoms with E-state index in [9.17, 15) is 24.5 Å². The van der Waals surface area contributed by atoms with Crippen molar-refractivity contribution in [3.05, 3.63) is 12.2 Å². The van der Waals surface area contributed by atoms with Crippen LogP contribution in [-0.4, -0.2) is 59.0 Å². The maximum atomic E-state index is 12.7. The molecule has 0 saturated carbocycles. The summed E-state index contributed by atoms with van der Waals surface area (Å²) in [5.41, 5.74) is 5.33. The Kier molecular flexibility index (Phi) is 30.3. The number of phosphoric acid groups is 1. The van der Waals surface area contributed by atoms with Crippen molar-refractivity contribution in [3.8, 4) is 0 Å². The van der Waals surface area contributed by atoms with Crippen LogP contribution in [0.5, 0.6) is 0 Å². The SMILES string of the molecule is CCCCCCCCC/C=C\CCCCCC(O)CC(=O)NC(COP(=O)(O)OCCN)C(O)CCCCCCCCCC. The Morgan fingerprint density at radius 3 is 1.77 bits per heavy atom. The van der Waals surface area contributed by atoms with Crippen LogP contribution < -0.4 is 11.1 Å². The number of unbranched alkanes of at least 4 members (excludes halogenated alkanes) is 17. The smallest absolute Gasteiger partial charge is 0.393 e. The van der Waals surface area contributed by atoms with E-state index in [4.69, 9.17) is 14.8 Å². The molecule has 9 nitrogen and oxygen atoms in total. The number of hydrogen-bond donors (Lipinski definition) is 5. The molecule has 0 aliphatic carbocycles. The summed E-state index contributed by atoms with van der Waals surface area (Å²) in [4.78, 5) is 22.6.